The molecule has 4 nitrogen and oxygen atoms in total. The van der Waals surface area contributed by atoms with E-state index in [0.29, 0.717) is 16.3 Å². The third-order valence-corrected chi connectivity index (χ3v) is 4.82. The first kappa shape index (κ1) is 18.1. The van der Waals surface area contributed by atoms with Crippen molar-refractivity contribution in [1.29, 1.82) is 0 Å². The molecule has 2 heterocycles. The van der Waals surface area contributed by atoms with Gasteiger partial charge in [0.1, 0.15) is 0 Å². The highest BCUT2D eigenvalue weighted by atomic mass is 35.5. The van der Waals surface area contributed by atoms with Crippen LogP contribution >= 0.6 is 11.6 Å². The highest BCUT2D eigenvalue weighted by Gasteiger charge is 2.09. The first-order valence-electron chi connectivity index (χ1n) is 9.04. The number of hydrogen-bond donors (Lipinski definition) is 1. The van der Waals surface area contributed by atoms with Crippen LogP contribution in [0.3, 0.4) is 0 Å². The topological polar surface area (TPSA) is 54.9 Å². The molecule has 0 saturated carbocycles. The molecule has 0 fully saturated rings. The SMILES string of the molecule is CCc1cnc2cc(NC(=O)c3ccc(-c4ccc(Cl)cc4)nc3)ccc2c1. The molecule has 0 atom stereocenters. The van der Waals surface area contributed by atoms with Crippen molar-refractivity contribution in [3.8, 4) is 11.3 Å². The lowest BCUT2D eigenvalue weighted by atomic mass is 10.1. The fourth-order valence-corrected chi connectivity index (χ4v) is 3.09. The molecule has 2 aromatic heterocycles. The minimum absolute atomic E-state index is 0.209. The number of hydrogen-bond acceptors (Lipinski definition) is 3. The van der Waals surface area contributed by atoms with Gasteiger partial charge in [-0.3, -0.25) is 14.8 Å². The summed E-state index contributed by atoms with van der Waals surface area (Å²) in [6.45, 7) is 2.10. The molecular weight excluding hydrogens is 370 g/mol. The lowest BCUT2D eigenvalue weighted by molar-refractivity contribution is 0.102. The second-order valence-electron chi connectivity index (χ2n) is 6.50. The van der Waals surface area contributed by atoms with Gasteiger partial charge in [0.25, 0.3) is 5.91 Å². The van der Waals surface area contributed by atoms with Crippen LogP contribution in [0.1, 0.15) is 22.8 Å². The van der Waals surface area contributed by atoms with Crippen LogP contribution in [0.5, 0.6) is 0 Å². The van der Waals surface area contributed by atoms with Crippen molar-refractivity contribution >= 4 is 34.1 Å². The summed E-state index contributed by atoms with van der Waals surface area (Å²) >= 11 is 5.92. The van der Waals surface area contributed by atoms with Gasteiger partial charge in [0.05, 0.1) is 16.8 Å². The number of pyridine rings is 2. The zero-order chi connectivity index (χ0) is 19.5. The number of aromatic nitrogens is 2. The molecule has 0 radical (unpaired) electrons. The molecule has 28 heavy (non-hydrogen) atoms. The van der Waals surface area contributed by atoms with E-state index in [2.05, 4.69) is 28.3 Å². The van der Waals surface area contributed by atoms with E-state index in [0.717, 1.165) is 28.6 Å². The molecule has 2 aromatic carbocycles. The lowest BCUT2D eigenvalue weighted by Gasteiger charge is -2.08. The van der Waals surface area contributed by atoms with Gasteiger partial charge in [0.15, 0.2) is 0 Å². The molecule has 0 saturated heterocycles. The summed E-state index contributed by atoms with van der Waals surface area (Å²) in [5, 5.41) is 4.65. The smallest absolute Gasteiger partial charge is 0.257 e. The number of carbonyl (C=O) groups is 1. The van der Waals surface area contributed by atoms with Gasteiger partial charge in [0, 0.05) is 34.1 Å². The molecule has 5 heteroatoms. The Morgan fingerprint density at radius 3 is 2.50 bits per heavy atom. The maximum atomic E-state index is 12.6. The number of nitrogens with zero attached hydrogens (tertiary/aromatic N) is 2. The van der Waals surface area contributed by atoms with E-state index in [1.54, 1.807) is 12.3 Å². The fraction of sp³-hybridized carbons (Fsp3) is 0.0870. The second-order valence-corrected chi connectivity index (χ2v) is 6.93. The Morgan fingerprint density at radius 1 is 0.964 bits per heavy atom. The summed E-state index contributed by atoms with van der Waals surface area (Å²) < 4.78 is 0. The van der Waals surface area contributed by atoms with Crippen molar-refractivity contribution in [2.24, 2.45) is 0 Å². The second kappa shape index (κ2) is 7.79. The van der Waals surface area contributed by atoms with Crippen molar-refractivity contribution < 1.29 is 4.79 Å². The first-order valence-corrected chi connectivity index (χ1v) is 9.42. The number of nitrogens with one attached hydrogen (secondary N) is 1. The number of halogens is 1. The Bertz CT molecular complexity index is 1140. The van der Waals surface area contributed by atoms with Crippen LogP contribution < -0.4 is 5.32 Å². The van der Waals surface area contributed by atoms with Gasteiger partial charge in [-0.2, -0.15) is 0 Å². The van der Waals surface area contributed by atoms with E-state index in [-0.39, 0.29) is 5.91 Å². The Labute approximate surface area is 168 Å². The van der Waals surface area contributed by atoms with Crippen LogP contribution in [-0.2, 0) is 6.42 Å². The minimum Gasteiger partial charge on any atom is -0.322 e. The fourth-order valence-electron chi connectivity index (χ4n) is 2.96. The zero-order valence-electron chi connectivity index (χ0n) is 15.3. The standard InChI is InChI=1S/C23H18ClN3O/c1-2-15-11-17-5-9-20(12-22(17)25-13-15)27-23(28)18-6-10-21(26-14-18)16-3-7-19(24)8-4-16/h3-14H,2H2,1H3,(H,27,28). The predicted octanol–water partition coefficient (Wildman–Crippen LogP) is 5.76. The van der Waals surface area contributed by atoms with Crippen LogP contribution in [-0.4, -0.2) is 15.9 Å². The summed E-state index contributed by atoms with van der Waals surface area (Å²) in [7, 11) is 0. The highest BCUT2D eigenvalue weighted by molar-refractivity contribution is 6.30. The largest absolute Gasteiger partial charge is 0.322 e. The molecule has 4 rings (SSSR count). The summed E-state index contributed by atoms with van der Waals surface area (Å²) in [5.74, 6) is -0.209. The average molecular weight is 388 g/mol. The number of fused-ring (bicyclic) bond motifs is 1. The van der Waals surface area contributed by atoms with Crippen molar-refractivity contribution in [2.75, 3.05) is 5.32 Å². The third-order valence-electron chi connectivity index (χ3n) is 4.57. The first-order chi connectivity index (χ1) is 13.6. The maximum absolute atomic E-state index is 12.6. The summed E-state index contributed by atoms with van der Waals surface area (Å²) in [4.78, 5) is 21.4. The van der Waals surface area contributed by atoms with E-state index in [4.69, 9.17) is 11.6 Å². The third kappa shape index (κ3) is 3.87. The molecule has 1 N–H and O–H groups in total. The molecule has 0 aliphatic rings. The van der Waals surface area contributed by atoms with Crippen LogP contribution in [0.2, 0.25) is 5.02 Å². The van der Waals surface area contributed by atoms with Crippen molar-refractivity contribution in [3.63, 3.8) is 0 Å². The number of amides is 1. The molecule has 0 spiro atoms. The van der Waals surface area contributed by atoms with Crippen LogP contribution in [0, 0.1) is 0 Å². The highest BCUT2D eigenvalue weighted by Crippen LogP contribution is 2.21. The lowest BCUT2D eigenvalue weighted by Crippen LogP contribution is -2.12. The number of aryl methyl sites for hydroxylation is 1. The van der Waals surface area contributed by atoms with E-state index >= 15 is 0 Å². The van der Waals surface area contributed by atoms with E-state index in [9.17, 15) is 4.79 Å². The van der Waals surface area contributed by atoms with Crippen LogP contribution in [0.4, 0.5) is 5.69 Å². The summed E-state index contributed by atoms with van der Waals surface area (Å²) in [6.07, 6.45) is 4.39. The van der Waals surface area contributed by atoms with Gasteiger partial charge < -0.3 is 5.32 Å². The normalized spacial score (nSPS) is 10.8. The van der Waals surface area contributed by atoms with Crippen molar-refractivity contribution in [3.05, 3.63) is 89.2 Å². The van der Waals surface area contributed by atoms with Gasteiger partial charge >= 0.3 is 0 Å². The number of benzene rings is 2. The minimum atomic E-state index is -0.209. The molecule has 0 aliphatic heterocycles. The summed E-state index contributed by atoms with van der Waals surface area (Å²) in [5.41, 5.74) is 4.98. The Balaban J connectivity index is 1.51. The molecule has 0 aliphatic carbocycles. The molecule has 0 unspecified atom stereocenters. The molecule has 4 aromatic rings. The van der Waals surface area contributed by atoms with Gasteiger partial charge in [-0.15, -0.1) is 0 Å². The number of rotatable bonds is 4. The Morgan fingerprint density at radius 2 is 1.79 bits per heavy atom. The van der Waals surface area contributed by atoms with Gasteiger partial charge in [0.2, 0.25) is 0 Å². The van der Waals surface area contributed by atoms with Gasteiger partial charge in [-0.05, 0) is 54.4 Å². The van der Waals surface area contributed by atoms with E-state index < -0.39 is 0 Å². The number of carbonyl (C=O) groups excluding carboxylic acids is 1. The number of anilines is 1. The van der Waals surface area contributed by atoms with Crippen molar-refractivity contribution in [1.82, 2.24) is 9.97 Å². The Kier molecular flexibility index (Phi) is 5.04. The quantitative estimate of drug-likeness (QED) is 0.484. The zero-order valence-corrected chi connectivity index (χ0v) is 16.1. The maximum Gasteiger partial charge on any atom is 0.257 e. The van der Waals surface area contributed by atoms with Crippen molar-refractivity contribution in [2.45, 2.75) is 13.3 Å². The monoisotopic (exact) mass is 387 g/mol. The predicted molar refractivity (Wildman–Crippen MR) is 114 cm³/mol. The average Bonchev–Trinajstić information content (AvgIpc) is 2.74. The molecule has 1 amide bonds. The van der Waals surface area contributed by atoms with Crippen LogP contribution in [0.25, 0.3) is 22.2 Å². The van der Waals surface area contributed by atoms with E-state index in [1.807, 2.05) is 54.7 Å². The molecule has 0 bridgehead atoms. The van der Waals surface area contributed by atoms with Crippen LogP contribution in [0.15, 0.2) is 73.1 Å². The molecular formula is C23H18ClN3O. The van der Waals surface area contributed by atoms with E-state index in [1.165, 1.54) is 5.56 Å². The molecule has 138 valence electrons. The van der Waals surface area contributed by atoms with Gasteiger partial charge in [-0.1, -0.05) is 36.7 Å². The summed E-state index contributed by atoms with van der Waals surface area (Å²) in [6, 6.07) is 18.9. The Hall–Kier alpha value is -3.24. The van der Waals surface area contributed by atoms with Gasteiger partial charge in [-0.25, -0.2) is 0 Å².